The van der Waals surface area contributed by atoms with Gasteiger partial charge in [-0.3, -0.25) is 4.79 Å². The van der Waals surface area contributed by atoms with Gasteiger partial charge in [0.25, 0.3) is 0 Å². The van der Waals surface area contributed by atoms with Crippen LogP contribution in [0.1, 0.15) is 38.0 Å². The van der Waals surface area contributed by atoms with Crippen LogP contribution in [-0.2, 0) is 16.0 Å². The molecule has 1 aromatic rings. The number of benzene rings is 1. The molecule has 140 valence electrons. The van der Waals surface area contributed by atoms with E-state index in [0.29, 0.717) is 11.3 Å². The molecular formula is C17H25NO7. The van der Waals surface area contributed by atoms with Crippen LogP contribution in [0.5, 0.6) is 5.75 Å². The zero-order valence-corrected chi connectivity index (χ0v) is 14.8. The molecule has 0 aliphatic carbocycles. The van der Waals surface area contributed by atoms with Gasteiger partial charge in [0, 0.05) is 12.1 Å². The quantitative estimate of drug-likeness (QED) is 0.580. The van der Waals surface area contributed by atoms with E-state index in [4.69, 9.17) is 14.6 Å². The van der Waals surface area contributed by atoms with Gasteiger partial charge in [-0.25, -0.2) is 4.79 Å². The first-order valence-electron chi connectivity index (χ1n) is 7.75. The molecular weight excluding hydrogens is 330 g/mol. The van der Waals surface area contributed by atoms with Crippen LogP contribution in [0.25, 0.3) is 0 Å². The Hall–Kier alpha value is -2.32. The highest BCUT2D eigenvalue weighted by Crippen LogP contribution is 2.28. The molecule has 1 rings (SSSR count). The van der Waals surface area contributed by atoms with E-state index in [-0.39, 0.29) is 18.5 Å². The second-order valence-electron chi connectivity index (χ2n) is 6.54. The number of carbonyl (C=O) groups is 2. The number of nitrogens with one attached hydrogen (secondary N) is 1. The number of aliphatic hydroxyl groups excluding tert-OH is 2. The van der Waals surface area contributed by atoms with E-state index in [1.807, 2.05) is 0 Å². The maximum Gasteiger partial charge on any atom is 0.407 e. The van der Waals surface area contributed by atoms with Crippen molar-refractivity contribution >= 4 is 12.1 Å². The molecule has 0 aliphatic heterocycles. The molecule has 0 saturated heterocycles. The van der Waals surface area contributed by atoms with Gasteiger partial charge in [-0.1, -0.05) is 6.07 Å². The summed E-state index contributed by atoms with van der Waals surface area (Å²) >= 11 is 0. The second kappa shape index (κ2) is 8.68. The van der Waals surface area contributed by atoms with E-state index in [2.05, 4.69) is 5.32 Å². The van der Waals surface area contributed by atoms with Crippen LogP contribution in [0.15, 0.2) is 18.2 Å². The lowest BCUT2D eigenvalue weighted by Gasteiger charge is -2.23. The molecule has 2 atom stereocenters. The molecule has 1 amide bonds. The molecule has 0 bridgehead atoms. The number of aliphatic hydroxyl groups is 2. The fourth-order valence-corrected chi connectivity index (χ4v) is 2.12. The lowest BCUT2D eigenvalue weighted by molar-refractivity contribution is -0.136. The molecule has 25 heavy (non-hydrogen) atoms. The lowest BCUT2D eigenvalue weighted by Crippen LogP contribution is -2.38. The predicted octanol–water partition coefficient (Wildman–Crippen LogP) is 1.24. The maximum absolute atomic E-state index is 11.6. The van der Waals surface area contributed by atoms with Gasteiger partial charge in [-0.2, -0.15) is 0 Å². The highest BCUT2D eigenvalue weighted by Gasteiger charge is 2.24. The van der Waals surface area contributed by atoms with Crippen molar-refractivity contribution < 1.29 is 34.4 Å². The topological polar surface area (TPSA) is 125 Å². The number of aliphatic carboxylic acids is 1. The Bertz CT molecular complexity index is 610. The summed E-state index contributed by atoms with van der Waals surface area (Å²) in [5, 5.41) is 31.7. The van der Waals surface area contributed by atoms with Gasteiger partial charge in [0.15, 0.2) is 0 Å². The zero-order chi connectivity index (χ0) is 19.2. The van der Waals surface area contributed by atoms with Crippen LogP contribution in [0.2, 0.25) is 0 Å². The largest absolute Gasteiger partial charge is 0.496 e. The van der Waals surface area contributed by atoms with Crippen molar-refractivity contribution in [3.63, 3.8) is 0 Å². The highest BCUT2D eigenvalue weighted by molar-refractivity contribution is 5.70. The molecule has 0 heterocycles. The molecule has 0 aromatic heterocycles. The first-order chi connectivity index (χ1) is 11.5. The van der Waals surface area contributed by atoms with Crippen LogP contribution in [0, 0.1) is 0 Å². The monoisotopic (exact) mass is 355 g/mol. The molecule has 1 aromatic carbocycles. The van der Waals surface area contributed by atoms with E-state index < -0.39 is 29.9 Å². The summed E-state index contributed by atoms with van der Waals surface area (Å²) in [6.45, 7) is 4.87. The Labute approximate surface area is 146 Å². The standard InChI is InChI=1S/C17H25NO7/c1-17(2,3)25-16(23)18-9-12(19)15(22)11-7-10(8-14(20)21)5-6-13(11)24-4/h5-7,12,15,19,22H,8-9H2,1-4H3,(H,18,23)(H,20,21). The van der Waals surface area contributed by atoms with Gasteiger partial charge in [-0.15, -0.1) is 0 Å². The third-order valence-electron chi connectivity index (χ3n) is 3.19. The van der Waals surface area contributed by atoms with Crippen LogP contribution in [0.4, 0.5) is 4.79 Å². The van der Waals surface area contributed by atoms with Crippen molar-refractivity contribution in [2.24, 2.45) is 0 Å². The number of hydrogen-bond acceptors (Lipinski definition) is 6. The number of carboxylic acids is 1. The SMILES string of the molecule is COc1ccc(CC(=O)O)cc1C(O)C(O)CNC(=O)OC(C)(C)C. The van der Waals surface area contributed by atoms with Gasteiger partial charge >= 0.3 is 12.1 Å². The Morgan fingerprint density at radius 1 is 1.24 bits per heavy atom. The molecule has 0 radical (unpaired) electrons. The van der Waals surface area contributed by atoms with Gasteiger partial charge in [-0.05, 0) is 38.5 Å². The van der Waals surface area contributed by atoms with Crippen molar-refractivity contribution in [3.05, 3.63) is 29.3 Å². The maximum atomic E-state index is 11.6. The van der Waals surface area contributed by atoms with Crippen molar-refractivity contribution in [1.82, 2.24) is 5.32 Å². The molecule has 0 saturated carbocycles. The van der Waals surface area contributed by atoms with E-state index in [0.717, 1.165) is 0 Å². The second-order valence-corrected chi connectivity index (χ2v) is 6.54. The molecule has 8 heteroatoms. The van der Waals surface area contributed by atoms with E-state index >= 15 is 0 Å². The van der Waals surface area contributed by atoms with Crippen LogP contribution < -0.4 is 10.1 Å². The summed E-state index contributed by atoms with van der Waals surface area (Å²) in [6.07, 6.45) is -3.65. The van der Waals surface area contributed by atoms with E-state index in [1.165, 1.54) is 19.2 Å². The number of carbonyl (C=O) groups excluding carboxylic acids is 1. The average molecular weight is 355 g/mol. The van der Waals surface area contributed by atoms with Crippen molar-refractivity contribution in [2.75, 3.05) is 13.7 Å². The summed E-state index contributed by atoms with van der Waals surface area (Å²) in [6, 6.07) is 4.54. The number of carboxylic acid groups (broad SMARTS) is 1. The molecule has 4 N–H and O–H groups in total. The van der Waals surface area contributed by atoms with Crippen molar-refractivity contribution in [3.8, 4) is 5.75 Å². The number of rotatable bonds is 7. The summed E-state index contributed by atoms with van der Waals surface area (Å²) in [5.41, 5.74) is 0.0107. The minimum absolute atomic E-state index is 0.226. The number of hydrogen-bond donors (Lipinski definition) is 4. The van der Waals surface area contributed by atoms with Crippen molar-refractivity contribution in [1.29, 1.82) is 0 Å². The van der Waals surface area contributed by atoms with Crippen LogP contribution >= 0.6 is 0 Å². The number of methoxy groups -OCH3 is 1. The van der Waals surface area contributed by atoms with Gasteiger partial charge in [0.1, 0.15) is 23.6 Å². The summed E-state index contributed by atoms with van der Waals surface area (Å²) < 4.78 is 10.2. The van der Waals surface area contributed by atoms with Gasteiger partial charge in [0.05, 0.1) is 13.5 Å². The van der Waals surface area contributed by atoms with Crippen LogP contribution in [-0.4, -0.2) is 52.7 Å². The minimum atomic E-state index is -1.38. The third kappa shape index (κ3) is 6.98. The number of ether oxygens (including phenoxy) is 2. The van der Waals surface area contributed by atoms with Gasteiger partial charge < -0.3 is 30.1 Å². The lowest BCUT2D eigenvalue weighted by atomic mass is 9.99. The summed E-state index contributed by atoms with van der Waals surface area (Å²) in [5.74, 6) is -0.712. The highest BCUT2D eigenvalue weighted by atomic mass is 16.6. The Morgan fingerprint density at radius 3 is 2.40 bits per heavy atom. The van der Waals surface area contributed by atoms with Crippen molar-refractivity contribution in [2.45, 2.75) is 45.0 Å². The smallest absolute Gasteiger partial charge is 0.407 e. The minimum Gasteiger partial charge on any atom is -0.496 e. The molecule has 0 spiro atoms. The van der Waals surface area contributed by atoms with Crippen LogP contribution in [0.3, 0.4) is 0 Å². The third-order valence-corrected chi connectivity index (χ3v) is 3.19. The normalized spacial score (nSPS) is 13.7. The first kappa shape index (κ1) is 20.7. The molecule has 2 unspecified atom stereocenters. The molecule has 8 nitrogen and oxygen atoms in total. The summed E-state index contributed by atoms with van der Waals surface area (Å²) in [4.78, 5) is 22.4. The van der Waals surface area contributed by atoms with Gasteiger partial charge in [0.2, 0.25) is 0 Å². The Balaban J connectivity index is 2.81. The summed E-state index contributed by atoms with van der Waals surface area (Å²) in [7, 11) is 1.40. The Kier molecular flexibility index (Phi) is 7.20. The Morgan fingerprint density at radius 2 is 1.88 bits per heavy atom. The fraction of sp³-hybridized carbons (Fsp3) is 0.529. The predicted molar refractivity (Wildman–Crippen MR) is 89.5 cm³/mol. The zero-order valence-electron chi connectivity index (χ0n) is 14.8. The fourth-order valence-electron chi connectivity index (χ4n) is 2.12. The average Bonchev–Trinajstić information content (AvgIpc) is 2.49. The van der Waals surface area contributed by atoms with E-state index in [1.54, 1.807) is 26.8 Å². The number of amides is 1. The molecule has 0 aliphatic rings. The van der Waals surface area contributed by atoms with E-state index in [9.17, 15) is 19.8 Å². The first-order valence-corrected chi connectivity index (χ1v) is 7.75. The molecule has 0 fully saturated rings. The number of alkyl carbamates (subject to hydrolysis) is 1.